The molecule has 0 saturated carbocycles. The van der Waals surface area contributed by atoms with Gasteiger partial charge in [-0.15, -0.1) is 0 Å². The highest BCUT2D eigenvalue weighted by Crippen LogP contribution is 2.38. The third-order valence-electron chi connectivity index (χ3n) is 5.43. The SMILES string of the molecule is N[C@@H](CCC1=CN2CCCC[C@@H]2[C@H]2CC[C@@H](C(=O)O)N=C12)C(=O)O. The van der Waals surface area contributed by atoms with Crippen molar-refractivity contribution in [1.82, 2.24) is 4.90 Å². The molecule has 4 N–H and O–H groups in total. The minimum absolute atomic E-state index is 0.266. The fourth-order valence-corrected chi connectivity index (χ4v) is 4.14. The summed E-state index contributed by atoms with van der Waals surface area (Å²) in [6.07, 6.45) is 7.82. The summed E-state index contributed by atoms with van der Waals surface area (Å²) in [5, 5.41) is 18.3. The highest BCUT2D eigenvalue weighted by atomic mass is 16.4. The van der Waals surface area contributed by atoms with Gasteiger partial charge in [-0.05, 0) is 50.5 Å². The maximum Gasteiger partial charge on any atom is 0.328 e. The highest BCUT2D eigenvalue weighted by molar-refractivity contribution is 6.04. The first-order valence-electron chi connectivity index (χ1n) is 8.73. The Hall–Kier alpha value is -1.89. The molecular weight excluding hydrogens is 310 g/mol. The fraction of sp³-hybridized carbons (Fsp3) is 0.706. The van der Waals surface area contributed by atoms with Crippen molar-refractivity contribution >= 4 is 17.7 Å². The van der Waals surface area contributed by atoms with Gasteiger partial charge >= 0.3 is 11.9 Å². The molecule has 3 aliphatic heterocycles. The third-order valence-corrected chi connectivity index (χ3v) is 5.43. The molecule has 24 heavy (non-hydrogen) atoms. The van der Waals surface area contributed by atoms with Gasteiger partial charge in [0.15, 0.2) is 0 Å². The first kappa shape index (κ1) is 17.0. The van der Waals surface area contributed by atoms with Crippen LogP contribution in [0.15, 0.2) is 16.8 Å². The summed E-state index contributed by atoms with van der Waals surface area (Å²) in [6, 6.07) is -1.17. The predicted molar refractivity (Wildman–Crippen MR) is 88.9 cm³/mol. The van der Waals surface area contributed by atoms with Crippen LogP contribution in [-0.2, 0) is 9.59 Å². The second kappa shape index (κ2) is 6.93. The molecule has 0 radical (unpaired) electrons. The Morgan fingerprint density at radius 3 is 2.79 bits per heavy atom. The highest BCUT2D eigenvalue weighted by Gasteiger charge is 2.40. The number of nitrogens with two attached hydrogens (primary N) is 1. The summed E-state index contributed by atoms with van der Waals surface area (Å²) in [5.41, 5.74) is 7.49. The van der Waals surface area contributed by atoms with Crippen LogP contribution in [0.1, 0.15) is 44.9 Å². The van der Waals surface area contributed by atoms with Crippen molar-refractivity contribution in [1.29, 1.82) is 0 Å². The maximum absolute atomic E-state index is 11.3. The number of hydrogen-bond donors (Lipinski definition) is 3. The van der Waals surface area contributed by atoms with E-state index >= 15 is 0 Å². The molecule has 0 bridgehead atoms. The van der Waals surface area contributed by atoms with Crippen LogP contribution in [0.2, 0.25) is 0 Å². The Balaban J connectivity index is 1.86. The lowest BCUT2D eigenvalue weighted by Crippen LogP contribution is -2.50. The first-order valence-corrected chi connectivity index (χ1v) is 8.73. The van der Waals surface area contributed by atoms with Gasteiger partial charge in [0.2, 0.25) is 0 Å². The quantitative estimate of drug-likeness (QED) is 0.696. The van der Waals surface area contributed by atoms with Crippen molar-refractivity contribution < 1.29 is 19.8 Å². The molecule has 3 rings (SSSR count). The Bertz CT molecular complexity index is 586. The van der Waals surface area contributed by atoms with Crippen LogP contribution in [0.4, 0.5) is 0 Å². The first-order chi connectivity index (χ1) is 11.5. The second-order valence-electron chi connectivity index (χ2n) is 6.99. The minimum atomic E-state index is -1.01. The van der Waals surface area contributed by atoms with Crippen LogP contribution in [0.25, 0.3) is 0 Å². The lowest BCUT2D eigenvalue weighted by Gasteiger charge is -2.46. The van der Waals surface area contributed by atoms with Gasteiger partial charge < -0.3 is 20.8 Å². The largest absolute Gasteiger partial charge is 0.480 e. The number of rotatable bonds is 5. The molecule has 0 aliphatic carbocycles. The van der Waals surface area contributed by atoms with Crippen molar-refractivity contribution in [3.8, 4) is 0 Å². The number of piperidine rings is 1. The number of nitrogens with zero attached hydrogens (tertiary/aromatic N) is 2. The van der Waals surface area contributed by atoms with Crippen molar-refractivity contribution in [2.24, 2.45) is 16.6 Å². The number of carboxylic acid groups (broad SMARTS) is 2. The van der Waals surface area contributed by atoms with Gasteiger partial charge in [0.05, 0.1) is 0 Å². The zero-order valence-electron chi connectivity index (χ0n) is 13.7. The third kappa shape index (κ3) is 3.31. The Kier molecular flexibility index (Phi) is 4.89. The lowest BCUT2D eigenvalue weighted by molar-refractivity contribution is -0.139. The van der Waals surface area contributed by atoms with E-state index in [9.17, 15) is 14.7 Å². The molecule has 0 unspecified atom stereocenters. The summed E-state index contributed by atoms with van der Waals surface area (Å²) >= 11 is 0. The summed E-state index contributed by atoms with van der Waals surface area (Å²) in [7, 11) is 0. The van der Waals surface area contributed by atoms with Crippen LogP contribution >= 0.6 is 0 Å². The van der Waals surface area contributed by atoms with Crippen molar-refractivity contribution in [3.05, 3.63) is 11.8 Å². The van der Waals surface area contributed by atoms with E-state index in [0.717, 1.165) is 37.1 Å². The fourth-order valence-electron chi connectivity index (χ4n) is 4.14. The number of aliphatic imine (C=N–C) groups is 1. The summed E-state index contributed by atoms with van der Waals surface area (Å²) < 4.78 is 0. The molecule has 1 fully saturated rings. The van der Waals surface area contributed by atoms with Crippen LogP contribution in [-0.4, -0.2) is 57.4 Å². The summed E-state index contributed by atoms with van der Waals surface area (Å²) in [6.45, 7) is 1.01. The van der Waals surface area contributed by atoms with E-state index in [1.54, 1.807) is 0 Å². The molecule has 0 aromatic rings. The molecule has 0 spiro atoms. The van der Waals surface area contributed by atoms with Gasteiger partial charge in [-0.1, -0.05) is 0 Å². The Morgan fingerprint density at radius 2 is 2.08 bits per heavy atom. The number of allylic oxidation sites excluding steroid dienone is 1. The van der Waals surface area contributed by atoms with E-state index in [1.165, 1.54) is 6.42 Å². The van der Waals surface area contributed by atoms with Crippen LogP contribution < -0.4 is 5.73 Å². The lowest BCUT2D eigenvalue weighted by atomic mass is 9.75. The van der Waals surface area contributed by atoms with Crippen molar-refractivity contribution in [3.63, 3.8) is 0 Å². The van der Waals surface area contributed by atoms with Crippen LogP contribution in [0, 0.1) is 5.92 Å². The van der Waals surface area contributed by atoms with Gasteiger partial charge in [0, 0.05) is 30.4 Å². The second-order valence-corrected chi connectivity index (χ2v) is 6.99. The molecule has 3 aliphatic rings. The minimum Gasteiger partial charge on any atom is -0.480 e. The number of aliphatic carboxylic acids is 2. The number of carboxylic acids is 2. The van der Waals surface area contributed by atoms with Gasteiger partial charge in [-0.2, -0.15) is 0 Å². The maximum atomic E-state index is 11.3. The molecule has 0 amide bonds. The van der Waals surface area contributed by atoms with E-state index in [2.05, 4.69) is 16.1 Å². The average Bonchev–Trinajstić information content (AvgIpc) is 2.58. The van der Waals surface area contributed by atoms with Crippen molar-refractivity contribution in [2.75, 3.05) is 6.54 Å². The van der Waals surface area contributed by atoms with E-state index in [-0.39, 0.29) is 5.92 Å². The molecule has 3 heterocycles. The number of fused-ring (bicyclic) bond motifs is 3. The van der Waals surface area contributed by atoms with Gasteiger partial charge in [0.1, 0.15) is 12.1 Å². The number of hydrogen-bond acceptors (Lipinski definition) is 5. The van der Waals surface area contributed by atoms with Crippen LogP contribution in [0.3, 0.4) is 0 Å². The molecule has 0 aromatic carbocycles. The molecule has 4 atom stereocenters. The smallest absolute Gasteiger partial charge is 0.328 e. The van der Waals surface area contributed by atoms with Gasteiger partial charge in [-0.3, -0.25) is 9.79 Å². The number of carbonyl (C=O) groups is 2. The molecule has 132 valence electrons. The predicted octanol–water partition coefficient (Wildman–Crippen LogP) is 1.23. The Morgan fingerprint density at radius 1 is 1.29 bits per heavy atom. The van der Waals surface area contributed by atoms with E-state index in [4.69, 9.17) is 10.8 Å². The van der Waals surface area contributed by atoms with E-state index in [1.807, 2.05) is 0 Å². The topological polar surface area (TPSA) is 116 Å². The molecule has 0 aromatic heterocycles. The summed E-state index contributed by atoms with van der Waals surface area (Å²) in [4.78, 5) is 29.2. The van der Waals surface area contributed by atoms with E-state index in [0.29, 0.717) is 25.3 Å². The molecule has 1 saturated heterocycles. The normalized spacial score (nSPS) is 30.5. The molecule has 7 nitrogen and oxygen atoms in total. The van der Waals surface area contributed by atoms with Crippen LogP contribution in [0.5, 0.6) is 0 Å². The van der Waals surface area contributed by atoms with Gasteiger partial charge in [-0.25, -0.2) is 4.79 Å². The molecule has 7 heteroatoms. The monoisotopic (exact) mass is 335 g/mol. The zero-order valence-corrected chi connectivity index (χ0v) is 13.7. The average molecular weight is 335 g/mol. The van der Waals surface area contributed by atoms with Gasteiger partial charge in [0.25, 0.3) is 0 Å². The summed E-state index contributed by atoms with van der Waals surface area (Å²) in [5.74, 6) is -1.62. The van der Waals surface area contributed by atoms with E-state index < -0.39 is 24.0 Å². The van der Waals surface area contributed by atoms with Crippen molar-refractivity contribution in [2.45, 2.75) is 63.1 Å². The Labute approximate surface area is 141 Å². The molecular formula is C17H25N3O4. The standard InChI is InChI=1S/C17H25N3O4/c18-12(16(21)22)6-4-10-9-20-8-2-1-3-14(20)11-5-7-13(17(23)24)19-15(10)11/h9,11-14H,1-8,18H2,(H,21,22)(H,23,24)/t11-,12+,13+,14-/m1/s1. The zero-order chi connectivity index (χ0) is 17.3.